The Bertz CT molecular complexity index is 399. The predicted molar refractivity (Wildman–Crippen MR) is 107 cm³/mol. The first-order chi connectivity index (χ1) is 11.7. The Morgan fingerprint density at radius 1 is 0.846 bits per heavy atom. The van der Waals surface area contributed by atoms with E-state index in [1.165, 1.54) is 12.8 Å². The average molecular weight is 413 g/mol. The van der Waals surface area contributed by atoms with Crippen molar-refractivity contribution in [3.05, 3.63) is 0 Å². The van der Waals surface area contributed by atoms with Gasteiger partial charge in [-0.2, -0.15) is 0 Å². The third kappa shape index (κ3) is 8.86. The van der Waals surface area contributed by atoms with Crippen molar-refractivity contribution in [1.82, 2.24) is 20.0 Å². The summed E-state index contributed by atoms with van der Waals surface area (Å²) in [5.41, 5.74) is 0. The second-order valence-electron chi connectivity index (χ2n) is 6.62. The van der Waals surface area contributed by atoms with E-state index >= 15 is 0 Å². The van der Waals surface area contributed by atoms with Crippen LogP contribution in [0.3, 0.4) is 0 Å². The third-order valence-corrected chi connectivity index (χ3v) is 4.80. The van der Waals surface area contributed by atoms with Gasteiger partial charge in [0.25, 0.3) is 0 Å². The zero-order valence-electron chi connectivity index (χ0n) is 15.8. The van der Waals surface area contributed by atoms with Crippen molar-refractivity contribution in [2.45, 2.75) is 25.7 Å². The molecule has 154 valence electrons. The van der Waals surface area contributed by atoms with Crippen molar-refractivity contribution >= 4 is 36.6 Å². The standard InChI is InChI=1S/C17H32N4O3.2ClH/c1-24-13-6-18-14-16(22)21-11-9-19(10-12-21)15-17(23)20-7-4-2-3-5-8-20;;/h18H,2-15H2,1H3;2*1H. The first kappa shape index (κ1) is 25.4. The van der Waals surface area contributed by atoms with Crippen LogP contribution in [0.2, 0.25) is 0 Å². The molecular formula is C17H34Cl2N4O3. The summed E-state index contributed by atoms with van der Waals surface area (Å²) in [6, 6.07) is 0. The maximum Gasteiger partial charge on any atom is 0.236 e. The minimum absolute atomic E-state index is 0. The lowest BCUT2D eigenvalue weighted by molar-refractivity contribution is -0.134. The van der Waals surface area contributed by atoms with Gasteiger partial charge in [0.2, 0.25) is 11.8 Å². The van der Waals surface area contributed by atoms with Gasteiger partial charge in [0.05, 0.1) is 19.7 Å². The Labute approximate surface area is 169 Å². The van der Waals surface area contributed by atoms with E-state index in [0.29, 0.717) is 39.3 Å². The van der Waals surface area contributed by atoms with Crippen LogP contribution in [0.4, 0.5) is 0 Å². The van der Waals surface area contributed by atoms with Gasteiger partial charge in [0.1, 0.15) is 0 Å². The Balaban J connectivity index is 0.00000312. The van der Waals surface area contributed by atoms with Crippen LogP contribution in [0.25, 0.3) is 0 Å². The van der Waals surface area contributed by atoms with E-state index in [9.17, 15) is 9.59 Å². The second kappa shape index (κ2) is 14.5. The molecular weight excluding hydrogens is 379 g/mol. The highest BCUT2D eigenvalue weighted by Crippen LogP contribution is 2.11. The number of rotatable bonds is 7. The van der Waals surface area contributed by atoms with Crippen LogP contribution in [0.1, 0.15) is 25.7 Å². The number of halogens is 2. The molecule has 0 unspecified atom stereocenters. The molecule has 1 N–H and O–H groups in total. The van der Waals surface area contributed by atoms with E-state index in [2.05, 4.69) is 10.2 Å². The first-order valence-corrected chi connectivity index (χ1v) is 9.18. The third-order valence-electron chi connectivity index (χ3n) is 4.80. The smallest absolute Gasteiger partial charge is 0.236 e. The van der Waals surface area contributed by atoms with Gasteiger partial charge in [-0.15, -0.1) is 24.8 Å². The minimum atomic E-state index is 0. The van der Waals surface area contributed by atoms with E-state index in [0.717, 1.165) is 39.0 Å². The van der Waals surface area contributed by atoms with E-state index in [4.69, 9.17) is 4.74 Å². The molecule has 9 heteroatoms. The van der Waals surface area contributed by atoms with E-state index < -0.39 is 0 Å². The highest BCUT2D eigenvalue weighted by molar-refractivity contribution is 5.85. The lowest BCUT2D eigenvalue weighted by Gasteiger charge is -2.35. The monoisotopic (exact) mass is 412 g/mol. The second-order valence-corrected chi connectivity index (χ2v) is 6.62. The van der Waals surface area contributed by atoms with E-state index in [1.807, 2.05) is 9.80 Å². The van der Waals surface area contributed by atoms with Crippen LogP contribution in [0.5, 0.6) is 0 Å². The Hall–Kier alpha value is -0.600. The normalized spacial score (nSPS) is 18.5. The number of amides is 2. The highest BCUT2D eigenvalue weighted by Gasteiger charge is 2.24. The fourth-order valence-corrected chi connectivity index (χ4v) is 3.25. The molecule has 2 aliphatic rings. The molecule has 0 aliphatic carbocycles. The van der Waals surface area contributed by atoms with Crippen LogP contribution in [-0.4, -0.2) is 99.1 Å². The first-order valence-electron chi connectivity index (χ1n) is 9.18. The predicted octanol–water partition coefficient (Wildman–Crippen LogP) is 0.613. The topological polar surface area (TPSA) is 65.1 Å². The highest BCUT2D eigenvalue weighted by atomic mass is 35.5. The summed E-state index contributed by atoms with van der Waals surface area (Å²) < 4.78 is 4.95. The maximum absolute atomic E-state index is 12.4. The van der Waals surface area contributed by atoms with Gasteiger partial charge in [0, 0.05) is 52.9 Å². The number of nitrogens with one attached hydrogen (secondary N) is 1. The SMILES string of the molecule is COCCNCC(=O)N1CCN(CC(=O)N2CCCCCC2)CC1.Cl.Cl. The number of carbonyl (C=O) groups is 2. The van der Waals surface area contributed by atoms with Crippen LogP contribution < -0.4 is 5.32 Å². The molecule has 0 radical (unpaired) electrons. The van der Waals surface area contributed by atoms with Crippen LogP contribution >= 0.6 is 24.8 Å². The molecule has 2 amide bonds. The average Bonchev–Trinajstić information content (AvgIpc) is 2.88. The molecule has 0 aromatic heterocycles. The zero-order valence-corrected chi connectivity index (χ0v) is 17.4. The Kier molecular flexibility index (Phi) is 14.1. The summed E-state index contributed by atoms with van der Waals surface area (Å²) in [5.74, 6) is 0.377. The van der Waals surface area contributed by atoms with Gasteiger partial charge in [0.15, 0.2) is 0 Å². The van der Waals surface area contributed by atoms with Crippen molar-refractivity contribution < 1.29 is 14.3 Å². The number of ether oxygens (including phenoxy) is 1. The minimum Gasteiger partial charge on any atom is -0.383 e. The van der Waals surface area contributed by atoms with Crippen LogP contribution in [0.15, 0.2) is 0 Å². The summed E-state index contributed by atoms with van der Waals surface area (Å²) in [6.45, 7) is 6.94. The van der Waals surface area contributed by atoms with Crippen molar-refractivity contribution in [2.24, 2.45) is 0 Å². The zero-order chi connectivity index (χ0) is 17.2. The molecule has 2 saturated heterocycles. The molecule has 2 aliphatic heterocycles. The number of hydrogen-bond acceptors (Lipinski definition) is 5. The molecule has 2 heterocycles. The molecule has 2 fully saturated rings. The molecule has 2 rings (SSSR count). The summed E-state index contributed by atoms with van der Waals surface area (Å²) in [4.78, 5) is 30.6. The number of likely N-dealkylation sites (tertiary alicyclic amines) is 1. The summed E-state index contributed by atoms with van der Waals surface area (Å²) in [6.07, 6.45) is 4.74. The van der Waals surface area contributed by atoms with Crippen molar-refractivity contribution in [2.75, 3.05) is 72.6 Å². The Morgan fingerprint density at radius 3 is 2.00 bits per heavy atom. The molecule has 0 bridgehead atoms. The van der Waals surface area contributed by atoms with Gasteiger partial charge in [-0.05, 0) is 12.8 Å². The quantitative estimate of drug-likeness (QED) is 0.620. The molecule has 0 atom stereocenters. The van der Waals surface area contributed by atoms with Gasteiger partial charge in [-0.25, -0.2) is 0 Å². The lowest BCUT2D eigenvalue weighted by Crippen LogP contribution is -2.53. The van der Waals surface area contributed by atoms with Gasteiger partial charge in [-0.1, -0.05) is 12.8 Å². The molecule has 7 nitrogen and oxygen atoms in total. The van der Waals surface area contributed by atoms with Crippen molar-refractivity contribution in [1.29, 1.82) is 0 Å². The van der Waals surface area contributed by atoms with E-state index in [-0.39, 0.29) is 36.6 Å². The van der Waals surface area contributed by atoms with Crippen LogP contribution in [0, 0.1) is 0 Å². The molecule has 0 aromatic rings. The fraction of sp³-hybridized carbons (Fsp3) is 0.882. The summed E-state index contributed by atoms with van der Waals surface area (Å²) in [5, 5.41) is 3.09. The van der Waals surface area contributed by atoms with Crippen molar-refractivity contribution in [3.8, 4) is 0 Å². The summed E-state index contributed by atoms with van der Waals surface area (Å²) in [7, 11) is 1.65. The maximum atomic E-state index is 12.4. The van der Waals surface area contributed by atoms with Gasteiger partial charge in [-0.3, -0.25) is 14.5 Å². The van der Waals surface area contributed by atoms with Gasteiger partial charge >= 0.3 is 0 Å². The fourth-order valence-electron chi connectivity index (χ4n) is 3.25. The molecule has 0 spiro atoms. The number of hydrogen-bond donors (Lipinski definition) is 1. The van der Waals surface area contributed by atoms with Crippen molar-refractivity contribution in [3.63, 3.8) is 0 Å². The Morgan fingerprint density at radius 2 is 1.42 bits per heavy atom. The number of carbonyl (C=O) groups excluding carboxylic acids is 2. The van der Waals surface area contributed by atoms with Crippen LogP contribution in [-0.2, 0) is 14.3 Å². The van der Waals surface area contributed by atoms with Gasteiger partial charge < -0.3 is 19.9 Å². The number of piperazine rings is 1. The molecule has 0 saturated carbocycles. The lowest BCUT2D eigenvalue weighted by atomic mass is 10.2. The number of methoxy groups -OCH3 is 1. The number of nitrogens with zero attached hydrogens (tertiary/aromatic N) is 3. The molecule has 0 aromatic carbocycles. The molecule has 26 heavy (non-hydrogen) atoms. The van der Waals surface area contributed by atoms with E-state index in [1.54, 1.807) is 7.11 Å². The summed E-state index contributed by atoms with van der Waals surface area (Å²) >= 11 is 0. The largest absolute Gasteiger partial charge is 0.383 e.